The van der Waals surface area contributed by atoms with Crippen LogP contribution in [-0.4, -0.2) is 35.1 Å². The number of aromatic amines is 1. The van der Waals surface area contributed by atoms with Gasteiger partial charge in [0.15, 0.2) is 5.88 Å². The van der Waals surface area contributed by atoms with E-state index in [9.17, 15) is 9.90 Å². The number of anilines is 1. The molecule has 0 aliphatic carbocycles. The lowest BCUT2D eigenvalue weighted by atomic mass is 10.0. The third kappa shape index (κ3) is 3.87. The molecule has 0 unspecified atom stereocenters. The van der Waals surface area contributed by atoms with Crippen LogP contribution < -0.4 is 10.2 Å². The number of rotatable bonds is 4. The van der Waals surface area contributed by atoms with Crippen LogP contribution in [0.1, 0.15) is 48.6 Å². The lowest BCUT2D eigenvalue weighted by molar-refractivity contribution is 0.0545. The number of carbonyl (C=O) groups excluding carboxylic acids is 1. The molecule has 26 heavy (non-hydrogen) atoms. The molecule has 0 spiro atoms. The number of aryl methyl sites for hydroxylation is 1. The highest BCUT2D eigenvalue weighted by molar-refractivity contribution is 6.44. The number of aromatic nitrogens is 1. The summed E-state index contributed by atoms with van der Waals surface area (Å²) in [5.74, 6) is 1.03. The maximum atomic E-state index is 12.4. The second-order valence-corrected chi connectivity index (χ2v) is 7.94. The minimum atomic E-state index is -1.00. The Balaban J connectivity index is 1.58. The van der Waals surface area contributed by atoms with Gasteiger partial charge < -0.3 is 24.7 Å². The van der Waals surface area contributed by atoms with Gasteiger partial charge in [0, 0.05) is 30.9 Å². The average molecular weight is 400 g/mol. The van der Waals surface area contributed by atoms with E-state index in [1.807, 2.05) is 6.07 Å². The van der Waals surface area contributed by atoms with Gasteiger partial charge >= 0.3 is 0 Å². The van der Waals surface area contributed by atoms with Crippen molar-refractivity contribution in [2.75, 3.05) is 18.0 Å². The van der Waals surface area contributed by atoms with Crippen LogP contribution in [0.2, 0.25) is 10.0 Å². The summed E-state index contributed by atoms with van der Waals surface area (Å²) in [5, 5.41) is 13.7. The van der Waals surface area contributed by atoms with Crippen molar-refractivity contribution >= 4 is 35.0 Å². The second-order valence-electron chi connectivity index (χ2n) is 7.18. The molecule has 0 atom stereocenters. The zero-order chi connectivity index (χ0) is 19.1. The van der Waals surface area contributed by atoms with Crippen molar-refractivity contribution in [1.29, 1.82) is 0 Å². The van der Waals surface area contributed by atoms with Crippen LogP contribution in [0, 0.1) is 6.92 Å². The summed E-state index contributed by atoms with van der Waals surface area (Å²) in [7, 11) is 0. The van der Waals surface area contributed by atoms with Gasteiger partial charge in [0.05, 0.1) is 10.0 Å². The molecule has 142 valence electrons. The predicted molar refractivity (Wildman–Crippen MR) is 102 cm³/mol. The summed E-state index contributed by atoms with van der Waals surface area (Å²) in [6.07, 6.45) is 1.57. The first-order chi connectivity index (χ1) is 12.2. The Kier molecular flexibility index (Phi) is 5.28. The number of hydrogen-bond acceptors (Lipinski definition) is 4. The molecule has 0 aromatic carbocycles. The van der Waals surface area contributed by atoms with Crippen LogP contribution in [0.15, 0.2) is 16.5 Å². The Labute approximate surface area is 162 Å². The summed E-state index contributed by atoms with van der Waals surface area (Å²) >= 11 is 12.1. The number of hydrogen-bond donors (Lipinski definition) is 3. The van der Waals surface area contributed by atoms with Gasteiger partial charge in [-0.2, -0.15) is 0 Å². The lowest BCUT2D eigenvalue weighted by Gasteiger charge is -2.32. The van der Waals surface area contributed by atoms with E-state index in [2.05, 4.69) is 15.2 Å². The quantitative estimate of drug-likeness (QED) is 0.728. The highest BCUT2D eigenvalue weighted by Crippen LogP contribution is 2.30. The van der Waals surface area contributed by atoms with E-state index in [1.54, 1.807) is 26.8 Å². The number of aliphatic hydroxyl groups is 1. The molecule has 1 amide bonds. The SMILES string of the molecule is Cc1[nH]c(C(=O)NC2CCN(c3ccc(C(C)(C)O)o3)CC2)c(Cl)c1Cl. The fourth-order valence-corrected chi connectivity index (χ4v) is 3.47. The van der Waals surface area contributed by atoms with Gasteiger partial charge in [-0.1, -0.05) is 23.2 Å². The zero-order valence-electron chi connectivity index (χ0n) is 15.0. The van der Waals surface area contributed by atoms with E-state index in [-0.39, 0.29) is 17.0 Å². The Morgan fingerprint density at radius 2 is 1.96 bits per heavy atom. The first-order valence-corrected chi connectivity index (χ1v) is 9.34. The molecule has 2 aromatic rings. The molecular formula is C18H23Cl2N3O3. The van der Waals surface area contributed by atoms with Gasteiger partial charge in [-0.05, 0) is 39.7 Å². The standard InChI is InChI=1S/C18H23Cl2N3O3/c1-10-14(19)15(20)16(21-10)17(24)22-11-6-8-23(9-7-11)13-5-4-12(26-13)18(2,3)25/h4-5,11,21,25H,6-9H2,1-3H3,(H,22,24). The van der Waals surface area contributed by atoms with Crippen molar-refractivity contribution in [2.24, 2.45) is 0 Å². The number of amides is 1. The van der Waals surface area contributed by atoms with Crippen molar-refractivity contribution in [1.82, 2.24) is 10.3 Å². The summed E-state index contributed by atoms with van der Waals surface area (Å²) in [6.45, 7) is 6.66. The highest BCUT2D eigenvalue weighted by atomic mass is 35.5. The number of halogens is 2. The third-order valence-corrected chi connectivity index (χ3v) is 5.56. The number of carbonyl (C=O) groups is 1. The van der Waals surface area contributed by atoms with Gasteiger partial charge in [-0.25, -0.2) is 0 Å². The number of nitrogens with one attached hydrogen (secondary N) is 2. The lowest BCUT2D eigenvalue weighted by Crippen LogP contribution is -2.44. The van der Waals surface area contributed by atoms with Crippen LogP contribution in [0.3, 0.4) is 0 Å². The molecule has 0 bridgehead atoms. The Bertz CT molecular complexity index is 799. The van der Waals surface area contributed by atoms with Crippen molar-refractivity contribution in [3.8, 4) is 0 Å². The third-order valence-electron chi connectivity index (χ3n) is 4.62. The van der Waals surface area contributed by atoms with Gasteiger partial charge in [0.1, 0.15) is 17.1 Å². The summed E-state index contributed by atoms with van der Waals surface area (Å²) < 4.78 is 5.76. The fourth-order valence-electron chi connectivity index (χ4n) is 3.06. The molecule has 3 rings (SSSR count). The van der Waals surface area contributed by atoms with E-state index < -0.39 is 5.60 Å². The van der Waals surface area contributed by atoms with Gasteiger partial charge in [-0.15, -0.1) is 0 Å². The van der Waals surface area contributed by atoms with Gasteiger partial charge in [0.2, 0.25) is 0 Å². The molecule has 0 saturated carbocycles. The Morgan fingerprint density at radius 1 is 1.31 bits per heavy atom. The van der Waals surface area contributed by atoms with Crippen molar-refractivity contribution in [3.63, 3.8) is 0 Å². The number of piperidine rings is 1. The van der Waals surface area contributed by atoms with E-state index in [0.29, 0.717) is 22.2 Å². The second kappa shape index (κ2) is 7.18. The van der Waals surface area contributed by atoms with E-state index in [4.69, 9.17) is 27.6 Å². The molecular weight excluding hydrogens is 377 g/mol. The number of H-pyrrole nitrogens is 1. The monoisotopic (exact) mass is 399 g/mol. The number of nitrogens with zero attached hydrogens (tertiary/aromatic N) is 1. The van der Waals surface area contributed by atoms with E-state index in [0.717, 1.165) is 31.8 Å². The average Bonchev–Trinajstić information content (AvgIpc) is 3.17. The van der Waals surface area contributed by atoms with Crippen molar-refractivity contribution in [2.45, 2.75) is 45.3 Å². The molecule has 2 aromatic heterocycles. The smallest absolute Gasteiger partial charge is 0.269 e. The Hall–Kier alpha value is -1.63. The zero-order valence-corrected chi connectivity index (χ0v) is 16.5. The highest BCUT2D eigenvalue weighted by Gasteiger charge is 2.27. The molecule has 3 N–H and O–H groups in total. The summed E-state index contributed by atoms with van der Waals surface area (Å²) in [5.41, 5.74) is -0.0197. The normalized spacial score (nSPS) is 16.2. The first kappa shape index (κ1) is 19.1. The fraction of sp³-hybridized carbons (Fsp3) is 0.500. The van der Waals surface area contributed by atoms with Gasteiger partial charge in [-0.3, -0.25) is 4.79 Å². The molecule has 1 aliphatic heterocycles. The van der Waals surface area contributed by atoms with Crippen molar-refractivity contribution in [3.05, 3.63) is 39.3 Å². The van der Waals surface area contributed by atoms with Crippen LogP contribution >= 0.6 is 23.2 Å². The van der Waals surface area contributed by atoms with Crippen LogP contribution in [0.4, 0.5) is 5.88 Å². The largest absolute Gasteiger partial charge is 0.443 e. The molecule has 1 saturated heterocycles. The van der Waals surface area contributed by atoms with Crippen LogP contribution in [-0.2, 0) is 5.60 Å². The first-order valence-electron chi connectivity index (χ1n) is 8.59. The molecule has 1 fully saturated rings. The molecule has 1 aliphatic rings. The van der Waals surface area contributed by atoms with Crippen LogP contribution in [0.25, 0.3) is 0 Å². The van der Waals surface area contributed by atoms with E-state index >= 15 is 0 Å². The maximum Gasteiger partial charge on any atom is 0.269 e. The topological polar surface area (TPSA) is 81.5 Å². The van der Waals surface area contributed by atoms with Crippen molar-refractivity contribution < 1.29 is 14.3 Å². The minimum absolute atomic E-state index is 0.0564. The summed E-state index contributed by atoms with van der Waals surface area (Å²) in [6, 6.07) is 3.72. The molecule has 0 radical (unpaired) electrons. The molecule has 8 heteroatoms. The molecule has 3 heterocycles. The number of furan rings is 1. The molecule has 6 nitrogen and oxygen atoms in total. The van der Waals surface area contributed by atoms with Gasteiger partial charge in [0.25, 0.3) is 5.91 Å². The maximum absolute atomic E-state index is 12.4. The predicted octanol–water partition coefficient (Wildman–Crippen LogP) is 3.85. The minimum Gasteiger partial charge on any atom is -0.443 e. The van der Waals surface area contributed by atoms with E-state index in [1.165, 1.54) is 0 Å². The Morgan fingerprint density at radius 3 is 2.46 bits per heavy atom. The summed E-state index contributed by atoms with van der Waals surface area (Å²) in [4.78, 5) is 17.5. The van der Waals surface area contributed by atoms with Crippen LogP contribution in [0.5, 0.6) is 0 Å².